The van der Waals surface area contributed by atoms with Crippen molar-refractivity contribution < 1.29 is 4.39 Å². The van der Waals surface area contributed by atoms with Gasteiger partial charge in [-0.3, -0.25) is 0 Å². The Morgan fingerprint density at radius 3 is 2.90 bits per heavy atom. The van der Waals surface area contributed by atoms with Crippen molar-refractivity contribution >= 4 is 22.6 Å². The first-order chi connectivity index (χ1) is 9.78. The van der Waals surface area contributed by atoms with Crippen LogP contribution in [-0.2, 0) is 19.5 Å². The Labute approximate surface area is 120 Å². The Kier molecular flexibility index (Phi) is 3.69. The molecule has 2 heterocycles. The van der Waals surface area contributed by atoms with Crippen LogP contribution < -0.4 is 0 Å². The summed E-state index contributed by atoms with van der Waals surface area (Å²) in [4.78, 5) is 8.54. The minimum absolute atomic E-state index is 0.251. The highest BCUT2D eigenvalue weighted by molar-refractivity contribution is 6.17. The van der Waals surface area contributed by atoms with Crippen LogP contribution in [0.3, 0.4) is 0 Å². The second-order valence-corrected chi connectivity index (χ2v) is 4.93. The van der Waals surface area contributed by atoms with Crippen LogP contribution in [-0.4, -0.2) is 25.0 Å². The van der Waals surface area contributed by atoms with Gasteiger partial charge in [0.05, 0.1) is 17.4 Å². The second-order valence-electron chi connectivity index (χ2n) is 4.55. The van der Waals surface area contributed by atoms with Gasteiger partial charge in [0.1, 0.15) is 11.6 Å². The quantitative estimate of drug-likeness (QED) is 0.678. The van der Waals surface area contributed by atoms with Gasteiger partial charge >= 0.3 is 0 Å². The summed E-state index contributed by atoms with van der Waals surface area (Å²) in [5, 5.41) is 0. The zero-order valence-corrected chi connectivity index (χ0v) is 11.6. The molecule has 4 nitrogen and oxygen atoms in total. The van der Waals surface area contributed by atoms with Crippen LogP contribution in [0, 0.1) is 5.82 Å². The summed E-state index contributed by atoms with van der Waals surface area (Å²) in [6.45, 7) is 1.47. The van der Waals surface area contributed by atoms with Crippen LogP contribution in [0.1, 0.15) is 5.82 Å². The number of benzene rings is 1. The Hall–Kier alpha value is -1.88. The van der Waals surface area contributed by atoms with Gasteiger partial charge in [0.25, 0.3) is 0 Å². The monoisotopic (exact) mass is 292 g/mol. The maximum Gasteiger partial charge on any atom is 0.125 e. The third kappa shape index (κ3) is 2.54. The van der Waals surface area contributed by atoms with E-state index in [0.717, 1.165) is 23.4 Å². The Morgan fingerprint density at radius 1 is 1.25 bits per heavy atom. The third-order valence-electron chi connectivity index (χ3n) is 3.25. The molecule has 6 heteroatoms. The highest BCUT2D eigenvalue weighted by atomic mass is 35.5. The van der Waals surface area contributed by atoms with Crippen molar-refractivity contribution in [3.8, 4) is 0 Å². The summed E-state index contributed by atoms with van der Waals surface area (Å²) in [5.74, 6) is 1.14. The van der Waals surface area contributed by atoms with Gasteiger partial charge in [-0.25, -0.2) is 14.4 Å². The molecule has 2 aromatic heterocycles. The minimum atomic E-state index is -0.251. The average Bonchev–Trinajstić information content (AvgIpc) is 3.04. The zero-order valence-electron chi connectivity index (χ0n) is 10.8. The summed E-state index contributed by atoms with van der Waals surface area (Å²) in [5.41, 5.74) is 1.61. The Balaban J connectivity index is 1.96. The van der Waals surface area contributed by atoms with Crippen molar-refractivity contribution in [3.05, 3.63) is 48.6 Å². The van der Waals surface area contributed by atoms with Crippen LogP contribution in [0.15, 0.2) is 36.9 Å². The fourth-order valence-electron chi connectivity index (χ4n) is 2.31. The highest BCUT2D eigenvalue weighted by Gasteiger charge is 2.11. The van der Waals surface area contributed by atoms with Crippen molar-refractivity contribution in [1.82, 2.24) is 19.1 Å². The lowest BCUT2D eigenvalue weighted by atomic mass is 10.3. The number of imidazole rings is 2. The predicted molar refractivity (Wildman–Crippen MR) is 76.3 cm³/mol. The maximum atomic E-state index is 13.4. The highest BCUT2D eigenvalue weighted by Crippen LogP contribution is 2.18. The number of rotatable bonds is 5. The van der Waals surface area contributed by atoms with Gasteiger partial charge in [-0.05, 0) is 18.2 Å². The van der Waals surface area contributed by atoms with Crippen LogP contribution in [0.5, 0.6) is 0 Å². The number of fused-ring (bicyclic) bond motifs is 1. The van der Waals surface area contributed by atoms with E-state index in [1.54, 1.807) is 18.6 Å². The van der Waals surface area contributed by atoms with Crippen molar-refractivity contribution in [1.29, 1.82) is 0 Å². The molecule has 0 radical (unpaired) electrons. The van der Waals surface area contributed by atoms with E-state index in [9.17, 15) is 4.39 Å². The molecule has 0 unspecified atom stereocenters. The minimum Gasteiger partial charge on any atom is -0.336 e. The number of alkyl halides is 1. The van der Waals surface area contributed by atoms with Gasteiger partial charge in [0, 0.05) is 37.8 Å². The van der Waals surface area contributed by atoms with E-state index in [4.69, 9.17) is 11.6 Å². The number of aromatic nitrogens is 4. The van der Waals surface area contributed by atoms with Gasteiger partial charge in [-0.2, -0.15) is 0 Å². The Morgan fingerprint density at radius 2 is 2.15 bits per heavy atom. The van der Waals surface area contributed by atoms with Gasteiger partial charge in [0.15, 0.2) is 0 Å². The largest absolute Gasteiger partial charge is 0.336 e. The number of hydrogen-bond donors (Lipinski definition) is 0. The predicted octanol–water partition coefficient (Wildman–Crippen LogP) is 2.85. The first-order valence-corrected chi connectivity index (χ1v) is 6.98. The van der Waals surface area contributed by atoms with Gasteiger partial charge in [-0.15, -0.1) is 11.6 Å². The fraction of sp³-hybridized carbons (Fsp3) is 0.286. The van der Waals surface area contributed by atoms with E-state index < -0.39 is 0 Å². The molecule has 104 valence electrons. The molecule has 0 amide bonds. The molecule has 3 rings (SSSR count). The van der Waals surface area contributed by atoms with Crippen molar-refractivity contribution in [3.63, 3.8) is 0 Å². The lowest BCUT2D eigenvalue weighted by molar-refractivity contribution is 0.570. The molecule has 0 fully saturated rings. The SMILES string of the molecule is Fc1ccc2nc(CCCl)n(CCn3ccnc3)c2c1. The van der Waals surface area contributed by atoms with Crippen molar-refractivity contribution in [2.24, 2.45) is 0 Å². The zero-order chi connectivity index (χ0) is 13.9. The molecule has 1 aromatic carbocycles. The average molecular weight is 293 g/mol. The van der Waals surface area contributed by atoms with Gasteiger partial charge in [-0.1, -0.05) is 0 Å². The van der Waals surface area contributed by atoms with E-state index in [-0.39, 0.29) is 5.82 Å². The molecular formula is C14H14ClFN4. The summed E-state index contributed by atoms with van der Waals surface area (Å²) < 4.78 is 17.5. The summed E-state index contributed by atoms with van der Waals surface area (Å²) in [6.07, 6.45) is 6.08. The second kappa shape index (κ2) is 5.63. The number of hydrogen-bond acceptors (Lipinski definition) is 2. The number of nitrogens with zero attached hydrogens (tertiary/aromatic N) is 4. The molecule has 0 aliphatic rings. The van der Waals surface area contributed by atoms with Crippen LogP contribution >= 0.6 is 11.6 Å². The van der Waals surface area contributed by atoms with Gasteiger partial charge in [0.2, 0.25) is 0 Å². The third-order valence-corrected chi connectivity index (χ3v) is 3.44. The summed E-state index contributed by atoms with van der Waals surface area (Å²) in [6, 6.07) is 4.66. The molecule has 0 saturated carbocycles. The van der Waals surface area contributed by atoms with Crippen molar-refractivity contribution in [2.75, 3.05) is 5.88 Å². The van der Waals surface area contributed by atoms with Crippen molar-refractivity contribution in [2.45, 2.75) is 19.5 Å². The molecule has 0 bridgehead atoms. The van der Waals surface area contributed by atoms with E-state index in [1.165, 1.54) is 12.1 Å². The molecule has 0 saturated heterocycles. The Bertz CT molecular complexity index is 705. The first-order valence-electron chi connectivity index (χ1n) is 6.44. The first kappa shape index (κ1) is 13.1. The molecular weight excluding hydrogens is 279 g/mol. The molecule has 20 heavy (non-hydrogen) atoms. The summed E-state index contributed by atoms with van der Waals surface area (Å²) >= 11 is 5.82. The fourth-order valence-corrected chi connectivity index (χ4v) is 2.47. The molecule has 0 N–H and O–H groups in total. The van der Waals surface area contributed by atoms with E-state index >= 15 is 0 Å². The topological polar surface area (TPSA) is 35.6 Å². The van der Waals surface area contributed by atoms with E-state index in [0.29, 0.717) is 18.8 Å². The van der Waals surface area contributed by atoms with Crippen LogP contribution in [0.25, 0.3) is 11.0 Å². The molecule has 3 aromatic rings. The molecule has 0 atom stereocenters. The normalized spacial score (nSPS) is 11.3. The van der Waals surface area contributed by atoms with Crippen LogP contribution in [0.4, 0.5) is 4.39 Å². The molecule has 0 spiro atoms. The van der Waals surface area contributed by atoms with E-state index in [2.05, 4.69) is 9.97 Å². The number of aryl methyl sites for hydroxylation is 3. The summed E-state index contributed by atoms with van der Waals surface area (Å²) in [7, 11) is 0. The maximum absolute atomic E-state index is 13.4. The van der Waals surface area contributed by atoms with Crippen LogP contribution in [0.2, 0.25) is 0 Å². The lowest BCUT2D eigenvalue weighted by Crippen LogP contribution is -2.10. The van der Waals surface area contributed by atoms with Gasteiger partial charge < -0.3 is 9.13 Å². The van der Waals surface area contributed by atoms with E-state index in [1.807, 2.05) is 15.3 Å². The standard InChI is InChI=1S/C14H14ClFN4/c15-4-3-14-18-12-2-1-11(16)9-13(12)20(14)8-7-19-6-5-17-10-19/h1-2,5-6,9-10H,3-4,7-8H2. The smallest absolute Gasteiger partial charge is 0.125 e. The number of halogens is 2. The lowest BCUT2D eigenvalue weighted by Gasteiger charge is -2.09. The molecule has 0 aliphatic heterocycles. The molecule has 0 aliphatic carbocycles.